The van der Waals surface area contributed by atoms with E-state index in [2.05, 4.69) is 15.6 Å². The molecule has 1 unspecified atom stereocenters. The summed E-state index contributed by atoms with van der Waals surface area (Å²) in [4.78, 5) is 29.9. The van der Waals surface area contributed by atoms with Gasteiger partial charge in [-0.1, -0.05) is 29.5 Å². The summed E-state index contributed by atoms with van der Waals surface area (Å²) < 4.78 is 12.6. The first-order chi connectivity index (χ1) is 18.5. The number of benzene rings is 3. The van der Waals surface area contributed by atoms with E-state index in [0.29, 0.717) is 28.3 Å². The lowest BCUT2D eigenvalue weighted by Crippen LogP contribution is -2.50. The van der Waals surface area contributed by atoms with Gasteiger partial charge in [0.05, 0.1) is 19.7 Å². The van der Waals surface area contributed by atoms with Gasteiger partial charge in [0.15, 0.2) is 0 Å². The van der Waals surface area contributed by atoms with Crippen LogP contribution in [0.1, 0.15) is 43.5 Å². The van der Waals surface area contributed by atoms with Crippen molar-refractivity contribution in [2.75, 3.05) is 19.1 Å². The fourth-order valence-corrected chi connectivity index (χ4v) is 4.48. The Balaban J connectivity index is 1.92. The lowest BCUT2D eigenvalue weighted by molar-refractivity contribution is -0.128. The number of hydrogen-bond acceptors (Lipinski definition) is 6. The van der Waals surface area contributed by atoms with Gasteiger partial charge in [-0.15, -0.1) is 5.10 Å². The first kappa shape index (κ1) is 27.6. The van der Waals surface area contributed by atoms with Crippen molar-refractivity contribution in [2.24, 2.45) is 0 Å². The Morgan fingerprint density at radius 2 is 1.64 bits per heavy atom. The van der Waals surface area contributed by atoms with Gasteiger partial charge in [0.2, 0.25) is 11.8 Å². The molecule has 4 aromatic rings. The third kappa shape index (κ3) is 6.19. The third-order valence-electron chi connectivity index (χ3n) is 6.29. The van der Waals surface area contributed by atoms with E-state index < -0.39 is 11.6 Å². The van der Waals surface area contributed by atoms with Gasteiger partial charge in [0.25, 0.3) is 0 Å². The van der Waals surface area contributed by atoms with Gasteiger partial charge in [-0.25, -0.2) is 4.68 Å². The molecule has 0 aliphatic heterocycles. The highest BCUT2D eigenvalue weighted by molar-refractivity contribution is 6.02. The number of methoxy groups -OCH3 is 2. The number of nitrogens with zero attached hydrogens (tertiary/aromatic N) is 4. The molecule has 1 heterocycles. The number of carbonyl (C=O) groups excluding carboxylic acids is 2. The molecule has 0 spiro atoms. The molecular formula is C30H35N5O4. The van der Waals surface area contributed by atoms with Crippen LogP contribution in [0.2, 0.25) is 0 Å². The van der Waals surface area contributed by atoms with Crippen LogP contribution in [0.25, 0.3) is 11.0 Å². The SMILES string of the molecule is COc1cc(OC)cc(C(C(=O)NC(C)(C)C)N(C(=O)Cn2nnc3ccccc32)c2cc(C)ccc2C)c1. The first-order valence-corrected chi connectivity index (χ1v) is 12.7. The smallest absolute Gasteiger partial charge is 0.249 e. The molecule has 204 valence electrons. The molecule has 0 saturated carbocycles. The molecule has 0 bridgehead atoms. The van der Waals surface area contributed by atoms with Gasteiger partial charge in [-0.05, 0) is 81.6 Å². The summed E-state index contributed by atoms with van der Waals surface area (Å²) in [6.07, 6.45) is 0. The maximum Gasteiger partial charge on any atom is 0.249 e. The van der Waals surface area contributed by atoms with E-state index in [1.807, 2.05) is 77.1 Å². The number of hydrogen-bond donors (Lipinski definition) is 1. The first-order valence-electron chi connectivity index (χ1n) is 12.7. The van der Waals surface area contributed by atoms with Gasteiger partial charge in [-0.2, -0.15) is 0 Å². The van der Waals surface area contributed by atoms with Crippen LogP contribution < -0.4 is 19.7 Å². The quantitative estimate of drug-likeness (QED) is 0.354. The Morgan fingerprint density at radius 3 is 2.28 bits per heavy atom. The number of aryl methyl sites for hydroxylation is 2. The number of anilines is 1. The summed E-state index contributed by atoms with van der Waals surface area (Å²) in [5, 5.41) is 11.5. The molecule has 4 rings (SSSR count). The highest BCUT2D eigenvalue weighted by Crippen LogP contribution is 2.35. The average molecular weight is 530 g/mol. The standard InChI is InChI=1S/C30H35N5O4/c1-19-12-13-20(2)26(14-19)35(27(36)18-34-25-11-9-8-10-24(25)32-33-34)28(29(37)31-30(3,4)5)21-15-22(38-6)17-23(16-21)39-7/h8-17,28H,18H2,1-7H3,(H,31,37). The van der Waals surface area contributed by atoms with Gasteiger partial charge < -0.3 is 14.8 Å². The maximum atomic E-state index is 14.3. The Kier molecular flexibility index (Phi) is 7.90. The van der Waals surface area contributed by atoms with Crippen LogP contribution in [0.5, 0.6) is 11.5 Å². The van der Waals surface area contributed by atoms with Gasteiger partial charge in [-0.3, -0.25) is 14.5 Å². The van der Waals surface area contributed by atoms with E-state index in [9.17, 15) is 9.59 Å². The monoisotopic (exact) mass is 529 g/mol. The largest absolute Gasteiger partial charge is 0.497 e. The topological polar surface area (TPSA) is 98.6 Å². The predicted molar refractivity (Wildman–Crippen MR) is 151 cm³/mol. The Morgan fingerprint density at radius 1 is 0.974 bits per heavy atom. The Hall–Kier alpha value is -4.40. The molecule has 0 aliphatic rings. The second-order valence-electron chi connectivity index (χ2n) is 10.6. The minimum atomic E-state index is -1.03. The molecule has 0 aliphatic carbocycles. The number of aromatic nitrogens is 3. The van der Waals surface area contributed by atoms with Crippen molar-refractivity contribution in [3.05, 3.63) is 77.4 Å². The van der Waals surface area contributed by atoms with Crippen molar-refractivity contribution in [3.63, 3.8) is 0 Å². The summed E-state index contributed by atoms with van der Waals surface area (Å²) in [5.41, 5.74) is 3.84. The molecule has 1 aromatic heterocycles. The molecule has 39 heavy (non-hydrogen) atoms. The zero-order chi connectivity index (χ0) is 28.3. The van der Waals surface area contributed by atoms with E-state index in [4.69, 9.17) is 9.47 Å². The number of nitrogens with one attached hydrogen (secondary N) is 1. The minimum absolute atomic E-state index is 0.117. The highest BCUT2D eigenvalue weighted by atomic mass is 16.5. The number of para-hydroxylation sites is 1. The van der Waals surface area contributed by atoms with Crippen LogP contribution in [0, 0.1) is 13.8 Å². The average Bonchev–Trinajstić information content (AvgIpc) is 3.29. The minimum Gasteiger partial charge on any atom is -0.497 e. The zero-order valence-corrected chi connectivity index (χ0v) is 23.5. The molecular weight excluding hydrogens is 494 g/mol. The van der Waals surface area contributed by atoms with Crippen molar-refractivity contribution in [2.45, 2.75) is 52.7 Å². The van der Waals surface area contributed by atoms with Crippen molar-refractivity contribution >= 4 is 28.5 Å². The fraction of sp³-hybridized carbons (Fsp3) is 0.333. The fourth-order valence-electron chi connectivity index (χ4n) is 4.48. The van der Waals surface area contributed by atoms with E-state index >= 15 is 0 Å². The second-order valence-corrected chi connectivity index (χ2v) is 10.6. The van der Waals surface area contributed by atoms with Crippen LogP contribution in [0.3, 0.4) is 0 Å². The number of carbonyl (C=O) groups is 2. The molecule has 0 fully saturated rings. The molecule has 1 atom stereocenters. The maximum absolute atomic E-state index is 14.3. The van der Waals surface area contributed by atoms with Crippen LogP contribution in [0.4, 0.5) is 5.69 Å². The van der Waals surface area contributed by atoms with E-state index in [-0.39, 0.29) is 18.4 Å². The van der Waals surface area contributed by atoms with E-state index in [0.717, 1.165) is 16.6 Å². The van der Waals surface area contributed by atoms with Crippen molar-refractivity contribution in [1.82, 2.24) is 20.3 Å². The lowest BCUT2D eigenvalue weighted by atomic mass is 9.98. The number of amides is 2. The van der Waals surface area contributed by atoms with Gasteiger partial charge in [0, 0.05) is 17.3 Å². The number of ether oxygens (including phenoxy) is 2. The summed E-state index contributed by atoms with van der Waals surface area (Å²) in [7, 11) is 3.10. The molecule has 0 radical (unpaired) electrons. The molecule has 9 nitrogen and oxygen atoms in total. The summed E-state index contributed by atoms with van der Waals surface area (Å²) in [6.45, 7) is 9.47. The van der Waals surface area contributed by atoms with Crippen LogP contribution in [0.15, 0.2) is 60.7 Å². The van der Waals surface area contributed by atoms with Crippen LogP contribution >= 0.6 is 0 Å². The molecule has 0 saturated heterocycles. The lowest BCUT2D eigenvalue weighted by Gasteiger charge is -2.35. The number of fused-ring (bicyclic) bond motifs is 1. The van der Waals surface area contributed by atoms with Crippen molar-refractivity contribution in [1.29, 1.82) is 0 Å². The second kappa shape index (κ2) is 11.1. The molecule has 2 amide bonds. The molecule has 1 N–H and O–H groups in total. The van der Waals surface area contributed by atoms with E-state index in [1.54, 1.807) is 42.0 Å². The summed E-state index contributed by atoms with van der Waals surface area (Å²) >= 11 is 0. The van der Waals surface area contributed by atoms with Gasteiger partial charge in [0.1, 0.15) is 29.6 Å². The Labute approximate surface area is 228 Å². The highest BCUT2D eigenvalue weighted by Gasteiger charge is 2.36. The zero-order valence-electron chi connectivity index (χ0n) is 23.5. The Bertz CT molecular complexity index is 1480. The van der Waals surface area contributed by atoms with Crippen molar-refractivity contribution in [3.8, 4) is 11.5 Å². The third-order valence-corrected chi connectivity index (χ3v) is 6.29. The predicted octanol–water partition coefficient (Wildman–Crippen LogP) is 4.75. The summed E-state index contributed by atoms with van der Waals surface area (Å²) in [5.74, 6) is 0.354. The van der Waals surface area contributed by atoms with Crippen LogP contribution in [-0.2, 0) is 16.1 Å². The van der Waals surface area contributed by atoms with Gasteiger partial charge >= 0.3 is 0 Å². The normalized spacial score (nSPS) is 12.2. The summed E-state index contributed by atoms with van der Waals surface area (Å²) in [6, 6.07) is 17.5. The van der Waals surface area contributed by atoms with Crippen LogP contribution in [-0.4, -0.2) is 46.6 Å². The molecule has 3 aromatic carbocycles. The number of rotatable bonds is 8. The van der Waals surface area contributed by atoms with E-state index in [1.165, 1.54) is 0 Å². The molecule has 9 heteroatoms. The van der Waals surface area contributed by atoms with Crippen molar-refractivity contribution < 1.29 is 19.1 Å².